The van der Waals surface area contributed by atoms with E-state index in [1.807, 2.05) is 0 Å². The van der Waals surface area contributed by atoms with Gasteiger partial charge in [-0.1, -0.05) is 0 Å². The number of hydrogen-bond donors (Lipinski definition) is 1. The highest BCUT2D eigenvalue weighted by atomic mass is 32.1. The van der Waals surface area contributed by atoms with Crippen LogP contribution in [0.4, 0.5) is 0 Å². The number of nitrogens with zero attached hydrogens (tertiary/aromatic N) is 2. The normalized spacial score (nSPS) is 22.8. The van der Waals surface area contributed by atoms with Crippen LogP contribution in [0, 0.1) is 5.92 Å². The maximum Gasteiger partial charge on any atom is 0.280 e. The average Bonchev–Trinajstić information content (AvgIpc) is 2.91. The Morgan fingerprint density at radius 1 is 1.38 bits per heavy atom. The number of rotatable bonds is 4. The van der Waals surface area contributed by atoms with Crippen LogP contribution in [0.25, 0.3) is 0 Å². The zero-order chi connectivity index (χ0) is 14.7. The van der Waals surface area contributed by atoms with Crippen molar-refractivity contribution in [2.45, 2.75) is 44.9 Å². The van der Waals surface area contributed by atoms with E-state index in [-0.39, 0.29) is 5.91 Å². The van der Waals surface area contributed by atoms with E-state index in [0.717, 1.165) is 31.7 Å². The number of fused-ring (bicyclic) bond motifs is 1. The van der Waals surface area contributed by atoms with Gasteiger partial charge in [-0.25, -0.2) is 4.98 Å². The Morgan fingerprint density at radius 3 is 3.05 bits per heavy atom. The maximum atomic E-state index is 12.2. The molecule has 0 saturated carbocycles. The van der Waals surface area contributed by atoms with Crippen LogP contribution >= 0.6 is 11.3 Å². The van der Waals surface area contributed by atoms with Gasteiger partial charge in [0.25, 0.3) is 5.91 Å². The van der Waals surface area contributed by atoms with E-state index < -0.39 is 0 Å². The Hall–Kier alpha value is -0.940. The zero-order valence-corrected chi connectivity index (χ0v) is 13.7. The smallest absolute Gasteiger partial charge is 0.280 e. The monoisotopic (exact) mass is 307 g/mol. The Kier molecular flexibility index (Phi) is 4.91. The lowest BCUT2D eigenvalue weighted by Crippen LogP contribution is -2.34. The molecule has 4 nitrogen and oxygen atoms in total. The Balaban J connectivity index is 1.46. The molecule has 5 heteroatoms. The first-order valence-corrected chi connectivity index (χ1v) is 8.99. The van der Waals surface area contributed by atoms with E-state index in [1.54, 1.807) is 11.3 Å². The van der Waals surface area contributed by atoms with Gasteiger partial charge in [0.1, 0.15) is 0 Å². The summed E-state index contributed by atoms with van der Waals surface area (Å²) in [5, 5.41) is 3.73. The number of carbonyl (C=O) groups is 1. The van der Waals surface area contributed by atoms with E-state index in [4.69, 9.17) is 0 Å². The van der Waals surface area contributed by atoms with Gasteiger partial charge < -0.3 is 10.2 Å². The van der Waals surface area contributed by atoms with E-state index >= 15 is 0 Å². The van der Waals surface area contributed by atoms with Crippen molar-refractivity contribution in [3.8, 4) is 0 Å². The minimum absolute atomic E-state index is 0.0264. The summed E-state index contributed by atoms with van der Waals surface area (Å²) in [5.41, 5.74) is 1.17. The van der Waals surface area contributed by atoms with E-state index in [0.29, 0.717) is 5.01 Å². The molecule has 1 fully saturated rings. The lowest BCUT2D eigenvalue weighted by Gasteiger charge is -2.29. The number of aromatic nitrogens is 1. The largest absolute Gasteiger partial charge is 0.350 e. The molecule has 1 aliphatic carbocycles. The molecule has 0 spiro atoms. The molecule has 0 aromatic carbocycles. The summed E-state index contributed by atoms with van der Waals surface area (Å²) in [6.45, 7) is 3.16. The standard InChI is InChI=1S/C16H25N3OS/c1-19-10-4-5-12(11-19)8-9-17-15(20)16-18-13-6-2-3-7-14(13)21-16/h12H,2-11H2,1H3,(H,17,20)/t12-/m0/s1. The van der Waals surface area contributed by atoms with Crippen molar-refractivity contribution in [1.29, 1.82) is 0 Å². The van der Waals surface area contributed by atoms with Gasteiger partial charge in [-0.05, 0) is 64.5 Å². The zero-order valence-electron chi connectivity index (χ0n) is 12.9. The molecule has 2 heterocycles. The summed E-state index contributed by atoms with van der Waals surface area (Å²) in [6.07, 6.45) is 8.28. The number of amides is 1. The van der Waals surface area contributed by atoms with Crippen LogP contribution < -0.4 is 5.32 Å². The van der Waals surface area contributed by atoms with Crippen LogP contribution in [-0.2, 0) is 12.8 Å². The van der Waals surface area contributed by atoms with E-state index in [1.165, 1.54) is 49.3 Å². The lowest BCUT2D eigenvalue weighted by molar-refractivity contribution is 0.0947. The number of aryl methyl sites for hydroxylation is 2. The van der Waals surface area contributed by atoms with Gasteiger partial charge in [0.05, 0.1) is 5.69 Å². The molecule has 1 N–H and O–H groups in total. The highest BCUT2D eigenvalue weighted by molar-refractivity contribution is 7.13. The first-order chi connectivity index (χ1) is 10.2. The van der Waals surface area contributed by atoms with Gasteiger partial charge in [-0.15, -0.1) is 11.3 Å². The van der Waals surface area contributed by atoms with E-state index in [9.17, 15) is 4.79 Å². The molecule has 21 heavy (non-hydrogen) atoms. The fraction of sp³-hybridized carbons (Fsp3) is 0.750. The van der Waals surface area contributed by atoms with Crippen LogP contribution in [0.3, 0.4) is 0 Å². The molecule has 2 aliphatic rings. The molecule has 1 saturated heterocycles. The topological polar surface area (TPSA) is 45.2 Å². The Labute approximate surface area is 130 Å². The molecule has 1 aliphatic heterocycles. The van der Waals surface area contributed by atoms with Crippen LogP contribution in [-0.4, -0.2) is 42.5 Å². The van der Waals surface area contributed by atoms with Gasteiger partial charge in [-0.2, -0.15) is 0 Å². The molecule has 1 aromatic heterocycles. The average molecular weight is 307 g/mol. The fourth-order valence-electron chi connectivity index (χ4n) is 3.42. The number of piperidine rings is 1. The third kappa shape index (κ3) is 3.83. The van der Waals surface area contributed by atoms with Gasteiger partial charge in [0.15, 0.2) is 5.01 Å². The van der Waals surface area contributed by atoms with Gasteiger partial charge in [0.2, 0.25) is 0 Å². The van der Waals surface area contributed by atoms with Gasteiger partial charge in [0, 0.05) is 18.0 Å². The fourth-order valence-corrected chi connectivity index (χ4v) is 4.49. The number of nitrogens with one attached hydrogen (secondary N) is 1. The highest BCUT2D eigenvalue weighted by Gasteiger charge is 2.20. The van der Waals surface area contributed by atoms with Crippen molar-refractivity contribution in [3.63, 3.8) is 0 Å². The minimum Gasteiger partial charge on any atom is -0.350 e. The summed E-state index contributed by atoms with van der Waals surface area (Å²) in [5.74, 6) is 0.757. The van der Waals surface area contributed by atoms with Gasteiger partial charge >= 0.3 is 0 Å². The molecular weight excluding hydrogens is 282 g/mol. The Bertz CT molecular complexity index is 476. The van der Waals surface area contributed by atoms with E-state index in [2.05, 4.69) is 22.2 Å². The first kappa shape index (κ1) is 15.0. The third-order valence-corrected chi connectivity index (χ3v) is 5.76. The molecule has 3 rings (SSSR count). The predicted molar refractivity (Wildman–Crippen MR) is 85.9 cm³/mol. The van der Waals surface area contributed by atoms with Crippen molar-refractivity contribution in [2.24, 2.45) is 5.92 Å². The van der Waals surface area contributed by atoms with Crippen molar-refractivity contribution in [2.75, 3.05) is 26.7 Å². The lowest BCUT2D eigenvalue weighted by atomic mass is 9.95. The molecule has 1 amide bonds. The third-order valence-electron chi connectivity index (χ3n) is 4.60. The summed E-state index contributed by atoms with van der Waals surface area (Å²) in [4.78, 5) is 20.4. The number of carbonyl (C=O) groups excluding carboxylic acids is 1. The molecule has 1 aromatic rings. The summed E-state index contributed by atoms with van der Waals surface area (Å²) >= 11 is 1.60. The van der Waals surface area contributed by atoms with Crippen molar-refractivity contribution < 1.29 is 4.79 Å². The highest BCUT2D eigenvalue weighted by Crippen LogP contribution is 2.26. The second-order valence-electron chi connectivity index (χ2n) is 6.41. The number of thiazole rings is 1. The summed E-state index contributed by atoms with van der Waals surface area (Å²) in [7, 11) is 2.19. The van der Waals surface area contributed by atoms with Crippen LogP contribution in [0.1, 0.15) is 52.5 Å². The van der Waals surface area contributed by atoms with Crippen molar-refractivity contribution in [3.05, 3.63) is 15.6 Å². The molecule has 0 radical (unpaired) electrons. The van der Waals surface area contributed by atoms with Crippen LogP contribution in [0.2, 0.25) is 0 Å². The maximum absolute atomic E-state index is 12.2. The predicted octanol–water partition coefficient (Wildman–Crippen LogP) is 2.48. The molecular formula is C16H25N3OS. The second-order valence-corrected chi connectivity index (χ2v) is 7.49. The molecule has 1 atom stereocenters. The summed E-state index contributed by atoms with van der Waals surface area (Å²) < 4.78 is 0. The quantitative estimate of drug-likeness (QED) is 0.929. The SMILES string of the molecule is CN1CCC[C@@H](CCNC(=O)c2nc3c(s2)CCCC3)C1. The minimum atomic E-state index is 0.0264. The summed E-state index contributed by atoms with van der Waals surface area (Å²) in [6, 6.07) is 0. The Morgan fingerprint density at radius 2 is 2.24 bits per heavy atom. The van der Waals surface area contributed by atoms with Crippen LogP contribution in [0.15, 0.2) is 0 Å². The first-order valence-electron chi connectivity index (χ1n) is 8.17. The number of hydrogen-bond acceptors (Lipinski definition) is 4. The molecule has 0 unspecified atom stereocenters. The van der Waals surface area contributed by atoms with Crippen LogP contribution in [0.5, 0.6) is 0 Å². The second kappa shape index (κ2) is 6.88. The molecule has 0 bridgehead atoms. The van der Waals surface area contributed by atoms with Crippen molar-refractivity contribution in [1.82, 2.24) is 15.2 Å². The van der Waals surface area contributed by atoms with Crippen molar-refractivity contribution >= 4 is 17.2 Å². The number of likely N-dealkylation sites (tertiary alicyclic amines) is 1. The molecule has 116 valence electrons. The van der Waals surface area contributed by atoms with Gasteiger partial charge in [-0.3, -0.25) is 4.79 Å².